The molecule has 0 bridgehead atoms. The minimum atomic E-state index is -0.0657. The van der Waals surface area contributed by atoms with Crippen molar-refractivity contribution in [2.45, 2.75) is 19.9 Å². The summed E-state index contributed by atoms with van der Waals surface area (Å²) in [7, 11) is 0. The highest BCUT2D eigenvalue weighted by atomic mass is 16.5. The van der Waals surface area contributed by atoms with Crippen molar-refractivity contribution in [2.75, 3.05) is 12.3 Å². The van der Waals surface area contributed by atoms with E-state index < -0.39 is 0 Å². The van der Waals surface area contributed by atoms with Gasteiger partial charge in [-0.2, -0.15) is 5.10 Å². The number of nitrogens with two attached hydrogens (primary N) is 1. The van der Waals surface area contributed by atoms with Crippen molar-refractivity contribution in [2.24, 2.45) is 0 Å². The first kappa shape index (κ1) is 17.4. The van der Waals surface area contributed by atoms with Crippen LogP contribution in [0.2, 0.25) is 0 Å². The Morgan fingerprint density at radius 1 is 1.03 bits per heavy atom. The van der Waals surface area contributed by atoms with Crippen LogP contribution in [-0.4, -0.2) is 26.4 Å². The van der Waals surface area contributed by atoms with E-state index in [0.29, 0.717) is 12.4 Å². The van der Waals surface area contributed by atoms with E-state index in [9.17, 15) is 0 Å². The van der Waals surface area contributed by atoms with E-state index in [1.54, 1.807) is 0 Å². The second-order valence-electron chi connectivity index (χ2n) is 7.21. The van der Waals surface area contributed by atoms with Crippen LogP contribution in [0.1, 0.15) is 29.8 Å². The van der Waals surface area contributed by atoms with Crippen molar-refractivity contribution in [1.29, 1.82) is 0 Å². The molecular weight excluding hydrogens is 362 g/mol. The maximum Gasteiger partial charge on any atom is 0.164 e. The number of aromatic nitrogens is 4. The summed E-state index contributed by atoms with van der Waals surface area (Å²) in [5.41, 5.74) is 12.2. The van der Waals surface area contributed by atoms with E-state index in [0.717, 1.165) is 39.2 Å². The fourth-order valence-corrected chi connectivity index (χ4v) is 4.06. The van der Waals surface area contributed by atoms with Gasteiger partial charge in [-0.25, -0.2) is 14.6 Å². The van der Waals surface area contributed by atoms with Gasteiger partial charge in [-0.05, 0) is 36.6 Å². The largest absolute Gasteiger partial charge is 0.488 e. The third kappa shape index (κ3) is 2.76. The minimum Gasteiger partial charge on any atom is -0.488 e. The lowest BCUT2D eigenvalue weighted by Crippen LogP contribution is -2.21. The molecule has 6 heteroatoms. The molecule has 2 aromatic carbocycles. The van der Waals surface area contributed by atoms with Crippen molar-refractivity contribution < 1.29 is 4.74 Å². The van der Waals surface area contributed by atoms with Gasteiger partial charge in [-0.3, -0.25) is 0 Å². The third-order valence-electron chi connectivity index (χ3n) is 5.49. The van der Waals surface area contributed by atoms with Crippen LogP contribution >= 0.6 is 0 Å². The molecule has 0 saturated heterocycles. The molecule has 1 aliphatic heterocycles. The number of nitrogens with zero attached hydrogens (tertiary/aromatic N) is 4. The SMILES string of the molecule is Cc1nn(C(C)C2=C(c3ccccc3)c3ccccc3OC2)c2ncnc(N)c12. The molecule has 0 saturated carbocycles. The van der Waals surface area contributed by atoms with Crippen LogP contribution in [0, 0.1) is 6.92 Å². The van der Waals surface area contributed by atoms with Gasteiger partial charge in [-0.1, -0.05) is 48.5 Å². The van der Waals surface area contributed by atoms with Gasteiger partial charge in [0.05, 0.1) is 17.1 Å². The summed E-state index contributed by atoms with van der Waals surface area (Å²) in [6.45, 7) is 4.55. The van der Waals surface area contributed by atoms with Crippen molar-refractivity contribution in [3.05, 3.63) is 83.3 Å². The molecule has 1 aliphatic rings. The Morgan fingerprint density at radius 2 is 1.79 bits per heavy atom. The van der Waals surface area contributed by atoms with E-state index >= 15 is 0 Å². The van der Waals surface area contributed by atoms with E-state index in [1.807, 2.05) is 35.9 Å². The number of hydrogen-bond donors (Lipinski definition) is 1. The molecule has 0 aliphatic carbocycles. The van der Waals surface area contributed by atoms with Crippen LogP contribution in [-0.2, 0) is 0 Å². The Labute approximate surface area is 168 Å². The number of para-hydroxylation sites is 1. The first-order valence-electron chi connectivity index (χ1n) is 9.61. The standard InChI is InChI=1S/C23H21N5O/c1-14-20-22(24)25-13-26-23(20)28(27-14)15(2)18-12-29-19-11-7-6-10-17(19)21(18)16-8-4-3-5-9-16/h3-11,13,15H,12H2,1-2H3,(H2,24,25,26). The zero-order chi connectivity index (χ0) is 20.0. The second-order valence-corrected chi connectivity index (χ2v) is 7.21. The monoisotopic (exact) mass is 383 g/mol. The van der Waals surface area contributed by atoms with Gasteiger partial charge in [0.2, 0.25) is 0 Å². The van der Waals surface area contributed by atoms with Gasteiger partial charge in [-0.15, -0.1) is 0 Å². The molecule has 3 heterocycles. The zero-order valence-electron chi connectivity index (χ0n) is 16.3. The van der Waals surface area contributed by atoms with Gasteiger partial charge in [0.25, 0.3) is 0 Å². The summed E-state index contributed by atoms with van der Waals surface area (Å²) < 4.78 is 8.05. The van der Waals surface area contributed by atoms with Crippen molar-refractivity contribution in [1.82, 2.24) is 19.7 Å². The fourth-order valence-electron chi connectivity index (χ4n) is 4.06. The minimum absolute atomic E-state index is 0.0657. The Kier molecular flexibility index (Phi) is 4.05. The molecule has 0 fully saturated rings. The highest BCUT2D eigenvalue weighted by Crippen LogP contribution is 2.41. The second kappa shape index (κ2) is 6.74. The molecule has 1 atom stereocenters. The van der Waals surface area contributed by atoms with Gasteiger partial charge in [0.15, 0.2) is 5.65 Å². The summed E-state index contributed by atoms with van der Waals surface area (Å²) in [6.07, 6.45) is 1.49. The number of ether oxygens (including phenoxy) is 1. The quantitative estimate of drug-likeness (QED) is 0.574. The molecule has 0 spiro atoms. The summed E-state index contributed by atoms with van der Waals surface area (Å²) in [5, 5.41) is 5.56. The molecule has 2 N–H and O–H groups in total. The number of fused-ring (bicyclic) bond motifs is 2. The average Bonchev–Trinajstić information content (AvgIpc) is 3.11. The fraction of sp³-hybridized carbons (Fsp3) is 0.174. The first-order chi connectivity index (χ1) is 14.1. The first-order valence-corrected chi connectivity index (χ1v) is 9.61. The van der Waals surface area contributed by atoms with E-state index in [-0.39, 0.29) is 6.04 Å². The number of nitrogen functional groups attached to an aromatic ring is 1. The maximum absolute atomic E-state index is 6.12. The average molecular weight is 383 g/mol. The Bertz CT molecular complexity index is 1240. The molecule has 144 valence electrons. The smallest absolute Gasteiger partial charge is 0.164 e. The van der Waals surface area contributed by atoms with E-state index in [1.165, 1.54) is 11.9 Å². The molecule has 0 radical (unpaired) electrons. The highest BCUT2D eigenvalue weighted by molar-refractivity contribution is 5.89. The summed E-state index contributed by atoms with van der Waals surface area (Å²) in [6, 6.07) is 18.5. The van der Waals surface area contributed by atoms with E-state index in [2.05, 4.69) is 47.2 Å². The Balaban J connectivity index is 1.75. The van der Waals surface area contributed by atoms with Gasteiger partial charge in [0.1, 0.15) is 24.5 Å². The third-order valence-corrected chi connectivity index (χ3v) is 5.49. The van der Waals surface area contributed by atoms with Crippen LogP contribution < -0.4 is 10.5 Å². The van der Waals surface area contributed by atoms with Crippen LogP contribution in [0.4, 0.5) is 5.82 Å². The highest BCUT2D eigenvalue weighted by Gasteiger charge is 2.27. The number of aryl methyl sites for hydroxylation is 1. The normalized spacial score (nSPS) is 14.6. The lowest BCUT2D eigenvalue weighted by molar-refractivity contribution is 0.327. The summed E-state index contributed by atoms with van der Waals surface area (Å²) in [4.78, 5) is 8.59. The predicted molar refractivity (Wildman–Crippen MR) is 114 cm³/mol. The molecule has 5 rings (SSSR count). The summed E-state index contributed by atoms with van der Waals surface area (Å²) in [5.74, 6) is 1.35. The van der Waals surface area contributed by atoms with Crippen LogP contribution in [0.15, 0.2) is 66.5 Å². The maximum atomic E-state index is 6.12. The topological polar surface area (TPSA) is 78.8 Å². The lowest BCUT2D eigenvalue weighted by Gasteiger charge is -2.28. The predicted octanol–water partition coefficient (Wildman–Crippen LogP) is 4.17. The molecule has 1 unspecified atom stereocenters. The summed E-state index contributed by atoms with van der Waals surface area (Å²) >= 11 is 0. The number of rotatable bonds is 3. The van der Waals surface area contributed by atoms with Crippen molar-refractivity contribution in [3.63, 3.8) is 0 Å². The van der Waals surface area contributed by atoms with Crippen molar-refractivity contribution in [3.8, 4) is 5.75 Å². The van der Waals surface area contributed by atoms with Crippen LogP contribution in [0.25, 0.3) is 16.6 Å². The number of hydrogen-bond acceptors (Lipinski definition) is 5. The van der Waals surface area contributed by atoms with Gasteiger partial charge >= 0.3 is 0 Å². The molecular formula is C23H21N5O. The Morgan fingerprint density at radius 3 is 2.62 bits per heavy atom. The number of benzene rings is 2. The van der Waals surface area contributed by atoms with Crippen LogP contribution in [0.3, 0.4) is 0 Å². The van der Waals surface area contributed by atoms with E-state index in [4.69, 9.17) is 15.6 Å². The molecule has 0 amide bonds. The molecule has 6 nitrogen and oxygen atoms in total. The molecule has 4 aromatic rings. The molecule has 29 heavy (non-hydrogen) atoms. The number of anilines is 1. The Hall–Kier alpha value is -3.67. The zero-order valence-corrected chi connectivity index (χ0v) is 16.3. The van der Waals surface area contributed by atoms with Crippen molar-refractivity contribution >= 4 is 22.4 Å². The lowest BCUT2D eigenvalue weighted by atomic mass is 9.88. The van der Waals surface area contributed by atoms with Gasteiger partial charge in [0, 0.05) is 5.56 Å². The molecule has 2 aromatic heterocycles. The van der Waals surface area contributed by atoms with Crippen LogP contribution in [0.5, 0.6) is 5.75 Å². The van der Waals surface area contributed by atoms with Gasteiger partial charge < -0.3 is 10.5 Å².